The van der Waals surface area contributed by atoms with Crippen LogP contribution in [-0.2, 0) is 18.3 Å². The predicted molar refractivity (Wildman–Crippen MR) is 101 cm³/mol. The molecule has 0 spiro atoms. The maximum atomic E-state index is 11.0. The molecule has 0 atom stereocenters. The third-order valence-electron chi connectivity index (χ3n) is 5.05. The number of imidazole rings is 1. The Bertz CT molecular complexity index is 925. The fraction of sp³-hybridized carbons (Fsp3) is 0.400. The summed E-state index contributed by atoms with van der Waals surface area (Å²) in [5.41, 5.74) is 2.92. The van der Waals surface area contributed by atoms with Gasteiger partial charge in [-0.25, -0.2) is 4.98 Å². The average molecular weight is 368 g/mol. The molecule has 1 aliphatic rings. The molecule has 7 heteroatoms. The van der Waals surface area contributed by atoms with Crippen LogP contribution >= 0.6 is 0 Å². The maximum absolute atomic E-state index is 11.0. The van der Waals surface area contributed by atoms with Gasteiger partial charge < -0.3 is 19.1 Å². The van der Waals surface area contributed by atoms with Gasteiger partial charge in [0.05, 0.1) is 43.2 Å². The first kappa shape index (κ1) is 17.8. The molecule has 0 unspecified atom stereocenters. The van der Waals surface area contributed by atoms with Crippen LogP contribution in [0.2, 0.25) is 0 Å². The molecule has 1 fully saturated rings. The molecule has 1 N–H and O–H groups in total. The van der Waals surface area contributed by atoms with Gasteiger partial charge >= 0.3 is 0 Å². The summed E-state index contributed by atoms with van der Waals surface area (Å²) in [6.07, 6.45) is 6.82. The number of aryl methyl sites for hydroxylation is 1. The van der Waals surface area contributed by atoms with Crippen LogP contribution in [0.25, 0.3) is 22.5 Å². The van der Waals surface area contributed by atoms with Crippen LogP contribution in [0.5, 0.6) is 5.75 Å². The number of methoxy groups -OCH3 is 1. The lowest BCUT2D eigenvalue weighted by Gasteiger charge is -2.32. The molecule has 4 rings (SSSR count). The lowest BCUT2D eigenvalue weighted by atomic mass is 9.94. The Balaban J connectivity index is 1.79. The summed E-state index contributed by atoms with van der Waals surface area (Å²) in [5.74, 6) is 0.780. The molecular formula is C20H24N4O3. The third kappa shape index (κ3) is 3.61. The van der Waals surface area contributed by atoms with Crippen LogP contribution < -0.4 is 4.74 Å². The van der Waals surface area contributed by atoms with Gasteiger partial charge in [0.2, 0.25) is 0 Å². The van der Waals surface area contributed by atoms with Gasteiger partial charge in [-0.15, -0.1) is 0 Å². The van der Waals surface area contributed by atoms with E-state index in [1.807, 2.05) is 48.3 Å². The zero-order valence-corrected chi connectivity index (χ0v) is 15.6. The molecule has 3 heterocycles. The summed E-state index contributed by atoms with van der Waals surface area (Å²) >= 11 is 0. The van der Waals surface area contributed by atoms with Crippen molar-refractivity contribution < 1.29 is 14.6 Å². The van der Waals surface area contributed by atoms with E-state index in [0.717, 1.165) is 28.3 Å². The summed E-state index contributed by atoms with van der Waals surface area (Å²) in [6, 6.07) is 7.84. The van der Waals surface area contributed by atoms with Crippen molar-refractivity contribution in [3.8, 4) is 28.3 Å². The highest BCUT2D eigenvalue weighted by Gasteiger charge is 2.32. The fourth-order valence-corrected chi connectivity index (χ4v) is 3.56. The second kappa shape index (κ2) is 7.17. The van der Waals surface area contributed by atoms with Crippen LogP contribution in [-0.4, -0.2) is 50.4 Å². The number of rotatable bonds is 5. The number of hydrogen-bond donors (Lipinski definition) is 1. The van der Waals surface area contributed by atoms with E-state index in [1.165, 1.54) is 0 Å². The summed E-state index contributed by atoms with van der Waals surface area (Å²) in [7, 11) is 3.54. The van der Waals surface area contributed by atoms with E-state index >= 15 is 0 Å². The molecule has 0 radical (unpaired) electrons. The highest BCUT2D eigenvalue weighted by atomic mass is 16.5. The minimum absolute atomic E-state index is 0.470. The van der Waals surface area contributed by atoms with Crippen molar-refractivity contribution in [2.45, 2.75) is 25.0 Å². The fourth-order valence-electron chi connectivity index (χ4n) is 3.56. The molecule has 0 bridgehead atoms. The van der Waals surface area contributed by atoms with Gasteiger partial charge in [-0.2, -0.15) is 5.10 Å². The van der Waals surface area contributed by atoms with Crippen molar-refractivity contribution in [1.82, 2.24) is 19.3 Å². The minimum Gasteiger partial charge on any atom is -0.497 e. The molecule has 0 aliphatic carbocycles. The van der Waals surface area contributed by atoms with E-state index in [1.54, 1.807) is 18.1 Å². The van der Waals surface area contributed by atoms with Crippen molar-refractivity contribution in [2.24, 2.45) is 7.05 Å². The number of aromatic nitrogens is 4. The Morgan fingerprint density at radius 3 is 2.78 bits per heavy atom. The Labute approximate surface area is 158 Å². The topological polar surface area (TPSA) is 74.3 Å². The monoisotopic (exact) mass is 368 g/mol. The molecule has 7 nitrogen and oxygen atoms in total. The molecule has 1 aromatic carbocycles. The van der Waals surface area contributed by atoms with E-state index in [4.69, 9.17) is 9.47 Å². The lowest BCUT2D eigenvalue weighted by molar-refractivity contribution is -0.0725. The van der Waals surface area contributed by atoms with Crippen molar-refractivity contribution in [2.75, 3.05) is 20.3 Å². The average Bonchev–Trinajstić information content (AvgIpc) is 3.28. The summed E-state index contributed by atoms with van der Waals surface area (Å²) < 4.78 is 14.6. The van der Waals surface area contributed by atoms with Crippen LogP contribution in [0.1, 0.15) is 12.8 Å². The minimum atomic E-state index is -0.790. The molecule has 2 aromatic heterocycles. The molecule has 0 saturated carbocycles. The molecule has 27 heavy (non-hydrogen) atoms. The number of aliphatic hydroxyl groups is 1. The van der Waals surface area contributed by atoms with Gasteiger partial charge in [-0.05, 0) is 12.1 Å². The molecular weight excluding hydrogens is 344 g/mol. The highest BCUT2D eigenvalue weighted by molar-refractivity contribution is 5.78. The van der Waals surface area contributed by atoms with Gasteiger partial charge in [0.25, 0.3) is 0 Å². The Hall–Kier alpha value is -2.64. The summed E-state index contributed by atoms with van der Waals surface area (Å²) in [6.45, 7) is 1.63. The predicted octanol–water partition coefficient (Wildman–Crippen LogP) is 2.50. The normalized spacial score (nSPS) is 16.4. The molecule has 3 aromatic rings. The summed E-state index contributed by atoms with van der Waals surface area (Å²) in [5, 5.41) is 15.3. The largest absolute Gasteiger partial charge is 0.497 e. The van der Waals surface area contributed by atoms with Crippen LogP contribution in [0.4, 0.5) is 0 Å². The van der Waals surface area contributed by atoms with Gasteiger partial charge in [-0.1, -0.05) is 12.1 Å². The third-order valence-corrected chi connectivity index (χ3v) is 5.05. The number of benzene rings is 1. The van der Waals surface area contributed by atoms with Crippen LogP contribution in [0.15, 0.2) is 43.0 Å². The van der Waals surface area contributed by atoms with Gasteiger partial charge in [0, 0.05) is 50.4 Å². The second-order valence-electron chi connectivity index (χ2n) is 7.04. The standard InChI is InChI=1S/C20H24N4O3/c1-23-12-16(11-22-23)19-18(15-4-3-5-17(10-15)26-2)21-14-24(19)13-20(25)6-8-27-9-7-20/h3-5,10-12,14,25H,6-9,13H2,1-2H3. The second-order valence-corrected chi connectivity index (χ2v) is 7.04. The molecule has 0 amide bonds. The molecule has 1 aliphatic heterocycles. The van der Waals surface area contributed by atoms with Crippen molar-refractivity contribution in [3.63, 3.8) is 0 Å². The zero-order valence-electron chi connectivity index (χ0n) is 15.6. The van der Waals surface area contributed by atoms with Crippen molar-refractivity contribution in [3.05, 3.63) is 43.0 Å². The van der Waals surface area contributed by atoms with Crippen molar-refractivity contribution >= 4 is 0 Å². The molecule has 142 valence electrons. The molecule has 1 saturated heterocycles. The van der Waals surface area contributed by atoms with Gasteiger partial charge in [-0.3, -0.25) is 4.68 Å². The van der Waals surface area contributed by atoms with Gasteiger partial charge in [0.15, 0.2) is 0 Å². The quantitative estimate of drug-likeness (QED) is 0.749. The first-order valence-electron chi connectivity index (χ1n) is 9.07. The Morgan fingerprint density at radius 2 is 2.07 bits per heavy atom. The zero-order chi connectivity index (χ0) is 18.9. The van der Waals surface area contributed by atoms with E-state index in [9.17, 15) is 5.11 Å². The van der Waals surface area contributed by atoms with Crippen molar-refractivity contribution in [1.29, 1.82) is 0 Å². The maximum Gasteiger partial charge on any atom is 0.119 e. The van der Waals surface area contributed by atoms with E-state index in [0.29, 0.717) is 32.6 Å². The SMILES string of the molecule is COc1cccc(-c2ncn(CC3(O)CCOCC3)c2-c2cnn(C)c2)c1. The summed E-state index contributed by atoms with van der Waals surface area (Å²) in [4.78, 5) is 4.67. The Kier molecular flexibility index (Phi) is 4.72. The van der Waals surface area contributed by atoms with Gasteiger partial charge in [0.1, 0.15) is 5.75 Å². The number of nitrogens with zero attached hydrogens (tertiary/aromatic N) is 4. The van der Waals surface area contributed by atoms with Crippen LogP contribution in [0, 0.1) is 0 Å². The number of ether oxygens (including phenoxy) is 2. The first-order valence-corrected chi connectivity index (χ1v) is 9.07. The first-order chi connectivity index (χ1) is 13.1. The Morgan fingerprint density at radius 1 is 1.26 bits per heavy atom. The smallest absolute Gasteiger partial charge is 0.119 e. The van der Waals surface area contributed by atoms with E-state index < -0.39 is 5.60 Å². The van der Waals surface area contributed by atoms with Crippen LogP contribution in [0.3, 0.4) is 0 Å². The lowest BCUT2D eigenvalue weighted by Crippen LogP contribution is -2.40. The van der Waals surface area contributed by atoms with E-state index in [2.05, 4.69) is 10.1 Å². The highest BCUT2D eigenvalue weighted by Crippen LogP contribution is 2.34. The number of hydrogen-bond acceptors (Lipinski definition) is 5. The van der Waals surface area contributed by atoms with E-state index in [-0.39, 0.29) is 0 Å².